The SMILES string of the molecule is Cc1cc(C)c(-c2nnnn2CCCS(C)(=O)=O)cc1N. The van der Waals surface area contributed by atoms with Crippen molar-refractivity contribution in [3.8, 4) is 11.4 Å². The number of benzene rings is 1. The molecule has 7 nitrogen and oxygen atoms in total. The van der Waals surface area contributed by atoms with Crippen molar-refractivity contribution >= 4 is 15.5 Å². The molecule has 0 amide bonds. The summed E-state index contributed by atoms with van der Waals surface area (Å²) in [6.45, 7) is 4.36. The lowest BCUT2D eigenvalue weighted by Gasteiger charge is -2.09. The molecular weight excluding hydrogens is 290 g/mol. The third-order valence-corrected chi connectivity index (χ3v) is 4.30. The molecule has 0 atom stereocenters. The van der Waals surface area contributed by atoms with E-state index in [0.717, 1.165) is 16.7 Å². The van der Waals surface area contributed by atoms with Crippen LogP contribution in [0.15, 0.2) is 12.1 Å². The van der Waals surface area contributed by atoms with Crippen LogP contribution in [0.25, 0.3) is 11.4 Å². The Morgan fingerprint density at radius 3 is 2.62 bits per heavy atom. The van der Waals surface area contributed by atoms with Gasteiger partial charge in [0.25, 0.3) is 0 Å². The topological polar surface area (TPSA) is 104 Å². The van der Waals surface area contributed by atoms with E-state index in [2.05, 4.69) is 15.5 Å². The summed E-state index contributed by atoms with van der Waals surface area (Å²) in [6, 6.07) is 3.84. The third kappa shape index (κ3) is 3.78. The number of hydrogen-bond donors (Lipinski definition) is 1. The lowest BCUT2D eigenvalue weighted by molar-refractivity contribution is 0.567. The van der Waals surface area contributed by atoms with Crippen LogP contribution in [-0.4, -0.2) is 40.6 Å². The largest absolute Gasteiger partial charge is 0.398 e. The molecule has 2 rings (SSSR count). The second-order valence-corrected chi connectivity index (χ2v) is 7.49. The summed E-state index contributed by atoms with van der Waals surface area (Å²) in [5.74, 6) is 0.717. The predicted molar refractivity (Wildman–Crippen MR) is 81.5 cm³/mol. The molecule has 0 bridgehead atoms. The van der Waals surface area contributed by atoms with Crippen LogP contribution in [-0.2, 0) is 16.4 Å². The van der Waals surface area contributed by atoms with Gasteiger partial charge in [-0.05, 0) is 47.9 Å². The van der Waals surface area contributed by atoms with Gasteiger partial charge in [-0.1, -0.05) is 6.07 Å². The van der Waals surface area contributed by atoms with Gasteiger partial charge in [0.15, 0.2) is 5.82 Å². The van der Waals surface area contributed by atoms with Crippen molar-refractivity contribution in [2.45, 2.75) is 26.8 Å². The van der Waals surface area contributed by atoms with Crippen LogP contribution in [0.2, 0.25) is 0 Å². The number of tetrazole rings is 1. The van der Waals surface area contributed by atoms with Gasteiger partial charge >= 0.3 is 0 Å². The molecule has 0 aliphatic heterocycles. The average Bonchev–Trinajstić information content (AvgIpc) is 2.80. The maximum atomic E-state index is 11.2. The van der Waals surface area contributed by atoms with Crippen molar-refractivity contribution in [3.63, 3.8) is 0 Å². The highest BCUT2D eigenvalue weighted by Crippen LogP contribution is 2.25. The van der Waals surface area contributed by atoms with Gasteiger partial charge in [0.2, 0.25) is 0 Å². The summed E-state index contributed by atoms with van der Waals surface area (Å²) < 4.78 is 24.0. The fourth-order valence-corrected chi connectivity index (χ4v) is 2.79. The Morgan fingerprint density at radius 1 is 1.24 bits per heavy atom. The number of rotatable bonds is 5. The van der Waals surface area contributed by atoms with E-state index in [-0.39, 0.29) is 5.75 Å². The molecule has 8 heteroatoms. The predicted octanol–water partition coefficient (Wildman–Crippen LogP) is 0.974. The third-order valence-electron chi connectivity index (χ3n) is 3.27. The minimum atomic E-state index is -2.98. The Balaban J connectivity index is 2.26. The van der Waals surface area contributed by atoms with Crippen LogP contribution in [0.4, 0.5) is 5.69 Å². The van der Waals surface area contributed by atoms with Gasteiger partial charge < -0.3 is 5.73 Å². The van der Waals surface area contributed by atoms with Crippen LogP contribution >= 0.6 is 0 Å². The van der Waals surface area contributed by atoms with E-state index in [1.54, 1.807) is 4.68 Å². The maximum Gasteiger partial charge on any atom is 0.182 e. The van der Waals surface area contributed by atoms with Crippen LogP contribution in [0.5, 0.6) is 0 Å². The molecule has 0 saturated heterocycles. The van der Waals surface area contributed by atoms with Crippen LogP contribution < -0.4 is 5.73 Å². The summed E-state index contributed by atoms with van der Waals surface area (Å²) in [5, 5.41) is 11.6. The highest BCUT2D eigenvalue weighted by atomic mass is 32.2. The first-order valence-corrected chi connectivity index (χ1v) is 8.65. The fraction of sp³-hybridized carbons (Fsp3) is 0.462. The number of nitrogens with zero attached hydrogens (tertiary/aromatic N) is 4. The van der Waals surface area contributed by atoms with E-state index in [9.17, 15) is 8.42 Å². The lowest BCUT2D eigenvalue weighted by Crippen LogP contribution is -2.10. The molecule has 21 heavy (non-hydrogen) atoms. The number of hydrogen-bond acceptors (Lipinski definition) is 6. The van der Waals surface area contributed by atoms with Crippen molar-refractivity contribution in [3.05, 3.63) is 23.3 Å². The van der Waals surface area contributed by atoms with Gasteiger partial charge in [-0.2, -0.15) is 0 Å². The molecule has 2 N–H and O–H groups in total. The molecule has 0 aliphatic rings. The number of aromatic nitrogens is 4. The Hall–Kier alpha value is -1.96. The zero-order valence-electron chi connectivity index (χ0n) is 12.4. The number of nitrogen functional groups attached to an aromatic ring is 1. The number of nitrogens with two attached hydrogens (primary N) is 1. The zero-order chi connectivity index (χ0) is 15.6. The van der Waals surface area contributed by atoms with Gasteiger partial charge in [-0.3, -0.25) is 0 Å². The fourth-order valence-electron chi connectivity index (χ4n) is 2.13. The van der Waals surface area contributed by atoms with Gasteiger partial charge in [-0.25, -0.2) is 13.1 Å². The quantitative estimate of drug-likeness (QED) is 0.825. The minimum Gasteiger partial charge on any atom is -0.398 e. The number of anilines is 1. The van der Waals surface area contributed by atoms with E-state index in [0.29, 0.717) is 24.5 Å². The molecule has 0 aliphatic carbocycles. The van der Waals surface area contributed by atoms with E-state index in [1.807, 2.05) is 26.0 Å². The Morgan fingerprint density at radius 2 is 1.95 bits per heavy atom. The Labute approximate surface area is 124 Å². The molecule has 2 aromatic rings. The Bertz CT molecular complexity index is 752. The normalized spacial score (nSPS) is 11.8. The summed E-state index contributed by atoms with van der Waals surface area (Å²) in [6.07, 6.45) is 1.69. The molecule has 0 fully saturated rings. The molecular formula is C13H19N5O2S. The van der Waals surface area contributed by atoms with Crippen molar-refractivity contribution in [1.29, 1.82) is 0 Å². The highest BCUT2D eigenvalue weighted by Gasteiger charge is 2.13. The molecule has 1 aromatic heterocycles. The second-order valence-electron chi connectivity index (χ2n) is 5.23. The van der Waals surface area contributed by atoms with E-state index in [1.165, 1.54) is 6.26 Å². The first kappa shape index (κ1) is 15.4. The standard InChI is InChI=1S/C13H19N5O2S/c1-9-7-10(2)12(14)8-11(9)13-15-16-17-18(13)5-4-6-21(3,19)20/h7-8H,4-6,14H2,1-3H3. The molecule has 1 aromatic carbocycles. The highest BCUT2D eigenvalue weighted by molar-refractivity contribution is 7.90. The van der Waals surface area contributed by atoms with Gasteiger partial charge in [0.05, 0.1) is 5.75 Å². The number of aryl methyl sites for hydroxylation is 3. The van der Waals surface area contributed by atoms with Gasteiger partial charge in [-0.15, -0.1) is 5.10 Å². The van der Waals surface area contributed by atoms with Crippen molar-refractivity contribution in [2.24, 2.45) is 0 Å². The first-order valence-electron chi connectivity index (χ1n) is 6.59. The monoisotopic (exact) mass is 309 g/mol. The zero-order valence-corrected chi connectivity index (χ0v) is 13.2. The number of sulfone groups is 1. The van der Waals surface area contributed by atoms with Gasteiger partial charge in [0.1, 0.15) is 9.84 Å². The van der Waals surface area contributed by atoms with E-state index >= 15 is 0 Å². The molecule has 0 radical (unpaired) electrons. The summed E-state index contributed by atoms with van der Waals surface area (Å²) >= 11 is 0. The van der Waals surface area contributed by atoms with Crippen LogP contribution in [0.3, 0.4) is 0 Å². The summed E-state index contributed by atoms with van der Waals surface area (Å²) in [5.41, 5.74) is 9.53. The van der Waals surface area contributed by atoms with Gasteiger partial charge in [0, 0.05) is 24.1 Å². The van der Waals surface area contributed by atoms with Crippen LogP contribution in [0, 0.1) is 13.8 Å². The average molecular weight is 309 g/mol. The molecule has 0 unspecified atom stereocenters. The first-order chi connectivity index (χ1) is 9.78. The molecule has 0 saturated carbocycles. The minimum absolute atomic E-state index is 0.112. The van der Waals surface area contributed by atoms with Crippen molar-refractivity contribution < 1.29 is 8.42 Å². The Kier molecular flexibility index (Phi) is 4.26. The lowest BCUT2D eigenvalue weighted by atomic mass is 10.0. The van der Waals surface area contributed by atoms with Crippen LogP contribution in [0.1, 0.15) is 17.5 Å². The summed E-state index contributed by atoms with van der Waals surface area (Å²) in [4.78, 5) is 0. The van der Waals surface area contributed by atoms with Crippen molar-refractivity contribution in [1.82, 2.24) is 20.2 Å². The van der Waals surface area contributed by atoms with E-state index in [4.69, 9.17) is 5.73 Å². The maximum absolute atomic E-state index is 11.2. The van der Waals surface area contributed by atoms with E-state index < -0.39 is 9.84 Å². The second kappa shape index (κ2) is 5.80. The summed E-state index contributed by atoms with van der Waals surface area (Å²) in [7, 11) is -2.98. The molecule has 1 heterocycles. The smallest absolute Gasteiger partial charge is 0.182 e. The molecule has 114 valence electrons. The van der Waals surface area contributed by atoms with Crippen molar-refractivity contribution in [2.75, 3.05) is 17.7 Å². The molecule has 0 spiro atoms.